The minimum atomic E-state index is -0.368. The molecule has 2 nitrogen and oxygen atoms in total. The van der Waals surface area contributed by atoms with Gasteiger partial charge in [0, 0.05) is 18.3 Å². The van der Waals surface area contributed by atoms with Crippen molar-refractivity contribution in [1.29, 1.82) is 0 Å². The molecule has 2 heteroatoms. The van der Waals surface area contributed by atoms with Crippen molar-refractivity contribution in [2.45, 2.75) is 51.7 Å². The SMILES string of the molecule is CCC1CCCCN1c1ccc([C@@H](C)O)cc1. The third kappa shape index (κ3) is 2.81. The molecule has 1 saturated heterocycles. The van der Waals surface area contributed by atoms with Crippen LogP contribution in [0, 0.1) is 0 Å². The lowest BCUT2D eigenvalue weighted by atomic mass is 9.99. The molecule has 1 aromatic carbocycles. The monoisotopic (exact) mass is 233 g/mol. The van der Waals surface area contributed by atoms with Gasteiger partial charge in [0.05, 0.1) is 6.10 Å². The molecule has 0 bridgehead atoms. The van der Waals surface area contributed by atoms with Crippen LogP contribution in [0.25, 0.3) is 0 Å². The standard InChI is InChI=1S/C15H23NO/c1-3-14-6-4-5-11-16(14)15-9-7-13(8-10-15)12(2)17/h7-10,12,14,17H,3-6,11H2,1-2H3/t12-,14?/m1/s1. The molecule has 17 heavy (non-hydrogen) atoms. The molecule has 94 valence electrons. The van der Waals surface area contributed by atoms with E-state index in [0.717, 1.165) is 5.56 Å². The molecule has 1 aromatic rings. The molecule has 0 aliphatic carbocycles. The molecule has 0 spiro atoms. The molecule has 2 rings (SSSR count). The molecule has 1 unspecified atom stereocenters. The maximum atomic E-state index is 9.51. The molecular weight excluding hydrogens is 210 g/mol. The summed E-state index contributed by atoms with van der Waals surface area (Å²) < 4.78 is 0. The number of rotatable bonds is 3. The van der Waals surface area contributed by atoms with Gasteiger partial charge in [-0.3, -0.25) is 0 Å². The van der Waals surface area contributed by atoms with Crippen molar-refractivity contribution < 1.29 is 5.11 Å². The Labute approximate surface area is 104 Å². The normalized spacial score (nSPS) is 22.5. The van der Waals surface area contributed by atoms with E-state index >= 15 is 0 Å². The fourth-order valence-corrected chi connectivity index (χ4v) is 2.71. The molecule has 0 radical (unpaired) electrons. The van der Waals surface area contributed by atoms with Crippen LogP contribution in [0.1, 0.15) is 51.2 Å². The quantitative estimate of drug-likeness (QED) is 0.863. The Balaban J connectivity index is 2.15. The minimum absolute atomic E-state index is 0.368. The fraction of sp³-hybridized carbons (Fsp3) is 0.600. The Morgan fingerprint density at radius 2 is 2.00 bits per heavy atom. The fourth-order valence-electron chi connectivity index (χ4n) is 2.71. The lowest BCUT2D eigenvalue weighted by Gasteiger charge is -2.37. The second kappa shape index (κ2) is 5.54. The third-order valence-electron chi connectivity index (χ3n) is 3.81. The predicted molar refractivity (Wildman–Crippen MR) is 72.4 cm³/mol. The van der Waals surface area contributed by atoms with E-state index in [1.54, 1.807) is 0 Å². The largest absolute Gasteiger partial charge is 0.389 e. The van der Waals surface area contributed by atoms with E-state index in [-0.39, 0.29) is 6.10 Å². The molecule has 1 fully saturated rings. The van der Waals surface area contributed by atoms with Crippen LogP contribution in [-0.4, -0.2) is 17.7 Å². The number of benzene rings is 1. The molecule has 0 saturated carbocycles. The van der Waals surface area contributed by atoms with E-state index in [4.69, 9.17) is 0 Å². The van der Waals surface area contributed by atoms with Gasteiger partial charge in [0.2, 0.25) is 0 Å². The van der Waals surface area contributed by atoms with E-state index in [1.165, 1.54) is 37.9 Å². The summed E-state index contributed by atoms with van der Waals surface area (Å²) in [4.78, 5) is 2.52. The lowest BCUT2D eigenvalue weighted by Crippen LogP contribution is -2.39. The zero-order valence-electron chi connectivity index (χ0n) is 10.9. The van der Waals surface area contributed by atoms with Gasteiger partial charge in [-0.2, -0.15) is 0 Å². The summed E-state index contributed by atoms with van der Waals surface area (Å²) in [5, 5.41) is 9.51. The van der Waals surface area contributed by atoms with Gasteiger partial charge in [-0.05, 0) is 50.3 Å². The first-order valence-corrected chi connectivity index (χ1v) is 6.77. The van der Waals surface area contributed by atoms with E-state index in [9.17, 15) is 5.11 Å². The number of aliphatic hydroxyl groups excluding tert-OH is 1. The van der Waals surface area contributed by atoms with Crippen LogP contribution in [0.3, 0.4) is 0 Å². The van der Waals surface area contributed by atoms with Crippen LogP contribution in [-0.2, 0) is 0 Å². The van der Waals surface area contributed by atoms with Gasteiger partial charge in [-0.15, -0.1) is 0 Å². The van der Waals surface area contributed by atoms with Crippen molar-refractivity contribution in [1.82, 2.24) is 0 Å². The smallest absolute Gasteiger partial charge is 0.0761 e. The first kappa shape index (κ1) is 12.4. The number of aliphatic hydroxyl groups is 1. The van der Waals surface area contributed by atoms with Crippen molar-refractivity contribution in [3.8, 4) is 0 Å². The summed E-state index contributed by atoms with van der Waals surface area (Å²) in [5.41, 5.74) is 2.31. The highest BCUT2D eigenvalue weighted by molar-refractivity contribution is 5.49. The highest BCUT2D eigenvalue weighted by Crippen LogP contribution is 2.27. The molecule has 1 aliphatic heterocycles. The zero-order chi connectivity index (χ0) is 12.3. The Morgan fingerprint density at radius 3 is 2.59 bits per heavy atom. The van der Waals surface area contributed by atoms with E-state index in [2.05, 4.69) is 24.0 Å². The molecule has 1 aliphatic rings. The predicted octanol–water partition coefficient (Wildman–Crippen LogP) is 3.51. The van der Waals surface area contributed by atoms with Crippen LogP contribution in [0.5, 0.6) is 0 Å². The number of hydrogen-bond donors (Lipinski definition) is 1. The minimum Gasteiger partial charge on any atom is -0.389 e. The van der Waals surface area contributed by atoms with Gasteiger partial charge in [0.1, 0.15) is 0 Å². The van der Waals surface area contributed by atoms with Gasteiger partial charge >= 0.3 is 0 Å². The van der Waals surface area contributed by atoms with Gasteiger partial charge in [-0.25, -0.2) is 0 Å². The summed E-state index contributed by atoms with van der Waals surface area (Å²) in [7, 11) is 0. The van der Waals surface area contributed by atoms with Crippen molar-refractivity contribution >= 4 is 5.69 Å². The number of hydrogen-bond acceptors (Lipinski definition) is 2. The van der Waals surface area contributed by atoms with Crippen molar-refractivity contribution in [3.05, 3.63) is 29.8 Å². The van der Waals surface area contributed by atoms with Gasteiger partial charge in [-0.1, -0.05) is 19.1 Å². The highest BCUT2D eigenvalue weighted by atomic mass is 16.3. The molecule has 2 atom stereocenters. The Hall–Kier alpha value is -1.02. The van der Waals surface area contributed by atoms with E-state index in [0.29, 0.717) is 6.04 Å². The second-order valence-electron chi connectivity index (χ2n) is 5.02. The number of nitrogens with zero attached hydrogens (tertiary/aromatic N) is 1. The van der Waals surface area contributed by atoms with Crippen molar-refractivity contribution in [2.75, 3.05) is 11.4 Å². The van der Waals surface area contributed by atoms with Crippen LogP contribution in [0.15, 0.2) is 24.3 Å². The summed E-state index contributed by atoms with van der Waals surface area (Å²) >= 11 is 0. The molecule has 0 amide bonds. The Bertz CT molecular complexity index is 344. The van der Waals surface area contributed by atoms with Gasteiger partial charge in [0.15, 0.2) is 0 Å². The lowest BCUT2D eigenvalue weighted by molar-refractivity contribution is 0.199. The Morgan fingerprint density at radius 1 is 1.29 bits per heavy atom. The van der Waals surface area contributed by atoms with Crippen LogP contribution in [0.4, 0.5) is 5.69 Å². The first-order valence-electron chi connectivity index (χ1n) is 6.77. The Kier molecular flexibility index (Phi) is 4.06. The molecular formula is C15H23NO. The summed E-state index contributed by atoms with van der Waals surface area (Å²) in [6.45, 7) is 5.25. The van der Waals surface area contributed by atoms with Gasteiger partial charge < -0.3 is 10.0 Å². The topological polar surface area (TPSA) is 23.5 Å². The maximum absolute atomic E-state index is 9.51. The van der Waals surface area contributed by atoms with E-state index in [1.807, 2.05) is 19.1 Å². The zero-order valence-corrected chi connectivity index (χ0v) is 10.9. The maximum Gasteiger partial charge on any atom is 0.0761 e. The summed E-state index contributed by atoms with van der Waals surface area (Å²) in [5.74, 6) is 0. The van der Waals surface area contributed by atoms with E-state index < -0.39 is 0 Å². The van der Waals surface area contributed by atoms with Crippen molar-refractivity contribution in [2.24, 2.45) is 0 Å². The second-order valence-corrected chi connectivity index (χ2v) is 5.02. The number of anilines is 1. The molecule has 1 N–H and O–H groups in total. The first-order chi connectivity index (χ1) is 8.22. The third-order valence-corrected chi connectivity index (χ3v) is 3.81. The van der Waals surface area contributed by atoms with Crippen LogP contribution >= 0.6 is 0 Å². The number of piperidine rings is 1. The average molecular weight is 233 g/mol. The average Bonchev–Trinajstić information content (AvgIpc) is 2.39. The summed E-state index contributed by atoms with van der Waals surface area (Å²) in [6.07, 6.45) is 4.83. The van der Waals surface area contributed by atoms with Gasteiger partial charge in [0.25, 0.3) is 0 Å². The van der Waals surface area contributed by atoms with Crippen molar-refractivity contribution in [3.63, 3.8) is 0 Å². The molecule has 0 aromatic heterocycles. The molecule has 1 heterocycles. The summed E-state index contributed by atoms with van der Waals surface area (Å²) in [6, 6.07) is 9.08. The van der Waals surface area contributed by atoms with Crippen LogP contribution in [0.2, 0.25) is 0 Å². The highest BCUT2D eigenvalue weighted by Gasteiger charge is 2.20. The van der Waals surface area contributed by atoms with Crippen LogP contribution < -0.4 is 4.90 Å².